The van der Waals surface area contributed by atoms with Gasteiger partial charge in [0.05, 0.1) is 10.5 Å². The molecular formula is C20H20ClF3N2O3S. The third kappa shape index (κ3) is 4.79. The second-order valence-corrected chi connectivity index (χ2v) is 9.43. The molecule has 1 aliphatic heterocycles. The molecule has 30 heavy (non-hydrogen) atoms. The summed E-state index contributed by atoms with van der Waals surface area (Å²) >= 11 is 6.05. The number of carbonyl (C=O) groups excluding carboxylic acids is 1. The number of nitrogens with zero attached hydrogens (tertiary/aromatic N) is 1. The molecule has 1 atom stereocenters. The van der Waals surface area contributed by atoms with Crippen LogP contribution in [0.3, 0.4) is 0 Å². The predicted molar refractivity (Wildman–Crippen MR) is 107 cm³/mol. The lowest BCUT2D eigenvalue weighted by Crippen LogP contribution is -2.49. The zero-order valence-electron chi connectivity index (χ0n) is 16.0. The summed E-state index contributed by atoms with van der Waals surface area (Å²) in [4.78, 5) is 12.6. The number of nitrogens with one attached hydrogen (secondary N) is 1. The van der Waals surface area contributed by atoms with E-state index < -0.39 is 33.7 Å². The topological polar surface area (TPSA) is 66.5 Å². The molecule has 5 nitrogen and oxygen atoms in total. The molecule has 1 heterocycles. The van der Waals surface area contributed by atoms with E-state index in [0.717, 1.165) is 18.2 Å². The molecular weight excluding hydrogens is 441 g/mol. The second kappa shape index (κ2) is 8.56. The van der Waals surface area contributed by atoms with E-state index in [9.17, 15) is 26.4 Å². The summed E-state index contributed by atoms with van der Waals surface area (Å²) in [5.41, 5.74) is -0.607. The van der Waals surface area contributed by atoms with Crippen molar-refractivity contribution in [3.8, 4) is 0 Å². The average Bonchev–Trinajstić information content (AvgIpc) is 2.69. The first-order chi connectivity index (χ1) is 14.0. The first kappa shape index (κ1) is 22.6. The minimum absolute atomic E-state index is 0.0268. The lowest BCUT2D eigenvalue weighted by Gasteiger charge is -2.32. The van der Waals surface area contributed by atoms with E-state index in [2.05, 4.69) is 5.32 Å². The first-order valence-electron chi connectivity index (χ1n) is 9.23. The van der Waals surface area contributed by atoms with Crippen LogP contribution >= 0.6 is 11.6 Å². The summed E-state index contributed by atoms with van der Waals surface area (Å²) in [5.74, 6) is -0.677. The fraction of sp³-hybridized carbons (Fsp3) is 0.350. The van der Waals surface area contributed by atoms with Crippen LogP contribution in [0.15, 0.2) is 47.4 Å². The third-order valence-electron chi connectivity index (χ3n) is 5.01. The van der Waals surface area contributed by atoms with Crippen molar-refractivity contribution in [3.63, 3.8) is 0 Å². The number of carbonyl (C=O) groups is 1. The molecule has 0 bridgehead atoms. The summed E-state index contributed by atoms with van der Waals surface area (Å²) in [6, 6.07) is 8.23. The fourth-order valence-electron chi connectivity index (χ4n) is 3.39. The van der Waals surface area contributed by atoms with E-state index >= 15 is 0 Å². The highest BCUT2D eigenvalue weighted by Crippen LogP contribution is 2.30. The van der Waals surface area contributed by atoms with Gasteiger partial charge in [-0.1, -0.05) is 23.7 Å². The molecule has 1 N–H and O–H groups in total. The minimum atomic E-state index is -4.55. The van der Waals surface area contributed by atoms with Gasteiger partial charge in [-0.15, -0.1) is 0 Å². The zero-order chi connectivity index (χ0) is 22.1. The quantitative estimate of drug-likeness (QED) is 0.741. The number of piperidine rings is 1. The average molecular weight is 461 g/mol. The fourth-order valence-corrected chi connectivity index (χ4v) is 5.39. The Morgan fingerprint density at radius 3 is 2.60 bits per heavy atom. The highest BCUT2D eigenvalue weighted by molar-refractivity contribution is 7.89. The van der Waals surface area contributed by atoms with Gasteiger partial charge in [-0.3, -0.25) is 4.79 Å². The van der Waals surface area contributed by atoms with Crippen molar-refractivity contribution >= 4 is 27.5 Å². The van der Waals surface area contributed by atoms with E-state index in [1.165, 1.54) is 16.4 Å². The lowest BCUT2D eigenvalue weighted by molar-refractivity contribution is -0.137. The molecule has 1 fully saturated rings. The predicted octanol–water partition coefficient (Wildman–Crippen LogP) is 4.25. The van der Waals surface area contributed by atoms with Crippen LogP contribution in [0, 0.1) is 6.92 Å². The van der Waals surface area contributed by atoms with Crippen LogP contribution in [0.25, 0.3) is 0 Å². The Bertz CT molecular complexity index is 1060. The van der Waals surface area contributed by atoms with Gasteiger partial charge in [0.1, 0.15) is 0 Å². The SMILES string of the molecule is Cc1c(Cl)cccc1S(=O)(=O)N1CCC[C@H](NC(=O)c2cccc(C(F)(F)F)c2)C1. The van der Waals surface area contributed by atoms with Crippen LogP contribution in [0.1, 0.15) is 34.3 Å². The van der Waals surface area contributed by atoms with Gasteiger partial charge in [-0.25, -0.2) is 8.42 Å². The second-order valence-electron chi connectivity index (χ2n) is 7.12. The van der Waals surface area contributed by atoms with E-state index in [1.54, 1.807) is 19.1 Å². The number of hydrogen-bond acceptors (Lipinski definition) is 3. The number of rotatable bonds is 4. The lowest BCUT2D eigenvalue weighted by atomic mass is 10.1. The van der Waals surface area contributed by atoms with Crippen molar-refractivity contribution in [3.05, 3.63) is 64.2 Å². The van der Waals surface area contributed by atoms with Crippen molar-refractivity contribution in [2.75, 3.05) is 13.1 Å². The molecule has 0 saturated carbocycles. The van der Waals surface area contributed by atoms with E-state index in [1.807, 2.05) is 0 Å². The number of benzene rings is 2. The maximum atomic E-state index is 13.0. The Balaban J connectivity index is 1.75. The maximum Gasteiger partial charge on any atom is 0.416 e. The van der Waals surface area contributed by atoms with Gasteiger partial charge in [-0.05, 0) is 55.7 Å². The monoisotopic (exact) mass is 460 g/mol. The standard InChI is InChI=1S/C20H20ClF3N2O3S/c1-13-17(21)8-3-9-18(13)30(28,29)26-10-4-7-16(12-26)25-19(27)14-5-2-6-15(11-14)20(22,23)24/h2-3,5-6,8-9,11,16H,4,7,10,12H2,1H3,(H,25,27)/t16-/m0/s1. The van der Waals surface area contributed by atoms with Crippen LogP contribution in [0.5, 0.6) is 0 Å². The van der Waals surface area contributed by atoms with Gasteiger partial charge >= 0.3 is 6.18 Å². The molecule has 0 spiro atoms. The maximum absolute atomic E-state index is 13.0. The number of amides is 1. The third-order valence-corrected chi connectivity index (χ3v) is 7.43. The van der Waals surface area contributed by atoms with Crippen molar-refractivity contribution in [2.24, 2.45) is 0 Å². The molecule has 1 amide bonds. The summed E-state index contributed by atoms with van der Waals surface area (Å²) in [7, 11) is -3.83. The van der Waals surface area contributed by atoms with Crippen molar-refractivity contribution < 1.29 is 26.4 Å². The van der Waals surface area contributed by atoms with Crippen LogP contribution < -0.4 is 5.32 Å². The molecule has 162 valence electrons. The molecule has 0 radical (unpaired) electrons. The number of hydrogen-bond donors (Lipinski definition) is 1. The largest absolute Gasteiger partial charge is 0.416 e. The smallest absolute Gasteiger partial charge is 0.348 e. The van der Waals surface area contributed by atoms with Crippen LogP contribution in [0.2, 0.25) is 5.02 Å². The summed E-state index contributed by atoms with van der Waals surface area (Å²) in [6.45, 7) is 1.93. The Morgan fingerprint density at radius 1 is 1.20 bits per heavy atom. The van der Waals surface area contributed by atoms with Gasteiger partial charge in [0, 0.05) is 29.7 Å². The van der Waals surface area contributed by atoms with Gasteiger partial charge < -0.3 is 5.32 Å². The van der Waals surface area contributed by atoms with Gasteiger partial charge in [0.15, 0.2) is 0 Å². The van der Waals surface area contributed by atoms with Gasteiger partial charge in [0.25, 0.3) is 5.91 Å². The summed E-state index contributed by atoms with van der Waals surface area (Å²) in [5, 5.41) is 2.99. The minimum Gasteiger partial charge on any atom is -0.348 e. The van der Waals surface area contributed by atoms with Gasteiger partial charge in [-0.2, -0.15) is 17.5 Å². The van der Waals surface area contributed by atoms with Crippen molar-refractivity contribution in [1.29, 1.82) is 0 Å². The molecule has 2 aromatic carbocycles. The number of halogens is 4. The van der Waals surface area contributed by atoms with Crippen LogP contribution in [-0.4, -0.2) is 37.8 Å². The summed E-state index contributed by atoms with van der Waals surface area (Å²) in [6.07, 6.45) is -3.53. The van der Waals surface area contributed by atoms with E-state index in [4.69, 9.17) is 11.6 Å². The van der Waals surface area contributed by atoms with Crippen LogP contribution in [0.4, 0.5) is 13.2 Å². The van der Waals surface area contributed by atoms with Crippen LogP contribution in [-0.2, 0) is 16.2 Å². The normalized spacial score (nSPS) is 18.2. The molecule has 3 rings (SSSR count). The van der Waals surface area contributed by atoms with E-state index in [0.29, 0.717) is 23.4 Å². The highest BCUT2D eigenvalue weighted by atomic mass is 35.5. The molecule has 0 aromatic heterocycles. The Morgan fingerprint density at radius 2 is 1.90 bits per heavy atom. The highest BCUT2D eigenvalue weighted by Gasteiger charge is 2.33. The van der Waals surface area contributed by atoms with Crippen molar-refractivity contribution in [1.82, 2.24) is 9.62 Å². The molecule has 2 aromatic rings. The Hall–Kier alpha value is -2.10. The van der Waals surface area contributed by atoms with Gasteiger partial charge in [0.2, 0.25) is 10.0 Å². The summed E-state index contributed by atoms with van der Waals surface area (Å²) < 4.78 is 66.0. The molecule has 0 unspecified atom stereocenters. The number of alkyl halides is 3. The first-order valence-corrected chi connectivity index (χ1v) is 11.1. The molecule has 1 aliphatic rings. The molecule has 10 heteroatoms. The molecule has 0 aliphatic carbocycles. The Kier molecular flexibility index (Phi) is 6.45. The van der Waals surface area contributed by atoms with E-state index in [-0.39, 0.29) is 23.5 Å². The molecule has 1 saturated heterocycles. The zero-order valence-corrected chi connectivity index (χ0v) is 17.6. The number of sulfonamides is 1. The Labute approximate surface area is 177 Å². The van der Waals surface area contributed by atoms with Crippen molar-refractivity contribution in [2.45, 2.75) is 36.9 Å².